The molecule has 136 valence electrons. The highest BCUT2D eigenvalue weighted by Gasteiger charge is 2.83. The lowest BCUT2D eigenvalue weighted by Crippen LogP contribution is -2.54. The van der Waals surface area contributed by atoms with E-state index in [-0.39, 0.29) is 24.7 Å². The van der Waals surface area contributed by atoms with Crippen molar-refractivity contribution in [2.24, 2.45) is 28.6 Å². The fourth-order valence-electron chi connectivity index (χ4n) is 7.66. The van der Waals surface area contributed by atoms with Crippen LogP contribution in [0.1, 0.15) is 45.4 Å². The summed E-state index contributed by atoms with van der Waals surface area (Å²) in [6.45, 7) is 5.81. The molecule has 1 heterocycles. The quantitative estimate of drug-likeness (QED) is 0.487. The van der Waals surface area contributed by atoms with Crippen LogP contribution in [-0.2, 0) is 14.3 Å². The van der Waals surface area contributed by atoms with Crippen LogP contribution in [0.5, 0.6) is 0 Å². The first kappa shape index (κ1) is 15.8. The zero-order valence-electron chi connectivity index (χ0n) is 14.3. The van der Waals surface area contributed by atoms with Crippen LogP contribution in [0.4, 0.5) is 0 Å². The van der Waals surface area contributed by atoms with Crippen molar-refractivity contribution >= 4 is 11.9 Å². The normalized spacial score (nSPS) is 58.7. The highest BCUT2D eigenvalue weighted by molar-refractivity contribution is 5.84. The number of aliphatic carboxylic acids is 1. The van der Waals surface area contributed by atoms with Crippen LogP contribution < -0.4 is 0 Å². The molecule has 0 aromatic heterocycles. The summed E-state index contributed by atoms with van der Waals surface area (Å²) in [6.07, 6.45) is 1.96. The third-order valence-corrected chi connectivity index (χ3v) is 8.49. The lowest BCUT2D eigenvalue weighted by molar-refractivity contribution is -0.171. The molecule has 6 nitrogen and oxygen atoms in total. The van der Waals surface area contributed by atoms with Crippen molar-refractivity contribution in [3.8, 4) is 0 Å². The van der Waals surface area contributed by atoms with Crippen molar-refractivity contribution < 1.29 is 29.6 Å². The first-order chi connectivity index (χ1) is 11.6. The third kappa shape index (κ3) is 1.41. The Morgan fingerprint density at radius 1 is 1.36 bits per heavy atom. The van der Waals surface area contributed by atoms with Gasteiger partial charge in [0.05, 0.1) is 17.4 Å². The predicted molar refractivity (Wildman–Crippen MR) is 85.3 cm³/mol. The molecule has 5 fully saturated rings. The Hall–Kier alpha value is -1.40. The smallest absolute Gasteiger partial charge is 0.312 e. The van der Waals surface area contributed by atoms with Gasteiger partial charge in [0.2, 0.25) is 0 Å². The second-order valence-electron chi connectivity index (χ2n) is 9.33. The summed E-state index contributed by atoms with van der Waals surface area (Å²) >= 11 is 0. The zero-order valence-corrected chi connectivity index (χ0v) is 14.3. The van der Waals surface area contributed by atoms with E-state index in [1.807, 2.05) is 6.92 Å². The molecule has 1 aliphatic heterocycles. The summed E-state index contributed by atoms with van der Waals surface area (Å²) < 4.78 is 5.99. The van der Waals surface area contributed by atoms with Gasteiger partial charge >= 0.3 is 11.9 Å². The lowest BCUT2D eigenvalue weighted by Gasteiger charge is -2.47. The van der Waals surface area contributed by atoms with E-state index < -0.39 is 45.9 Å². The van der Waals surface area contributed by atoms with Gasteiger partial charge in [0.1, 0.15) is 11.2 Å². The first-order valence-corrected chi connectivity index (χ1v) is 9.17. The Kier molecular flexibility index (Phi) is 2.61. The van der Waals surface area contributed by atoms with Gasteiger partial charge in [-0.1, -0.05) is 6.58 Å². The van der Waals surface area contributed by atoms with Gasteiger partial charge in [-0.2, -0.15) is 0 Å². The summed E-state index contributed by atoms with van der Waals surface area (Å²) in [6, 6.07) is 0. The largest absolute Gasteiger partial charge is 0.481 e. The monoisotopic (exact) mass is 348 g/mol. The number of hydrogen-bond acceptors (Lipinski definition) is 5. The topological polar surface area (TPSA) is 104 Å². The van der Waals surface area contributed by atoms with E-state index in [0.717, 1.165) is 6.42 Å². The molecule has 25 heavy (non-hydrogen) atoms. The van der Waals surface area contributed by atoms with Crippen molar-refractivity contribution in [1.82, 2.24) is 0 Å². The second kappa shape index (κ2) is 4.12. The van der Waals surface area contributed by atoms with Crippen LogP contribution in [0.3, 0.4) is 0 Å². The number of hydrogen-bond donors (Lipinski definition) is 3. The van der Waals surface area contributed by atoms with Crippen LogP contribution in [-0.4, -0.2) is 44.6 Å². The molecule has 4 aliphatic carbocycles. The molecule has 8 unspecified atom stereocenters. The van der Waals surface area contributed by atoms with Crippen molar-refractivity contribution in [3.63, 3.8) is 0 Å². The highest BCUT2D eigenvalue weighted by atomic mass is 16.6. The van der Waals surface area contributed by atoms with Gasteiger partial charge in [-0.05, 0) is 56.4 Å². The number of ether oxygens (including phenoxy) is 1. The maximum Gasteiger partial charge on any atom is 0.312 e. The number of carboxylic acids is 1. The Morgan fingerprint density at radius 2 is 2.08 bits per heavy atom. The Morgan fingerprint density at radius 3 is 2.76 bits per heavy atom. The molecular weight excluding hydrogens is 324 g/mol. The molecule has 8 atom stereocenters. The molecule has 1 saturated heterocycles. The van der Waals surface area contributed by atoms with Gasteiger partial charge in [-0.3, -0.25) is 9.59 Å². The summed E-state index contributed by atoms with van der Waals surface area (Å²) in [5.74, 6) is -2.61. The maximum atomic E-state index is 12.7. The maximum absolute atomic E-state index is 12.7. The summed E-state index contributed by atoms with van der Waals surface area (Å²) in [7, 11) is 0. The van der Waals surface area contributed by atoms with E-state index >= 15 is 0 Å². The average molecular weight is 348 g/mol. The Labute approximate surface area is 145 Å². The molecule has 5 rings (SSSR count). The van der Waals surface area contributed by atoms with Crippen LogP contribution in [0.2, 0.25) is 0 Å². The minimum absolute atomic E-state index is 0.202. The van der Waals surface area contributed by atoms with Crippen LogP contribution in [0.25, 0.3) is 0 Å². The molecule has 6 heteroatoms. The van der Waals surface area contributed by atoms with Crippen molar-refractivity contribution in [2.75, 3.05) is 0 Å². The molecule has 4 bridgehead atoms. The number of aliphatic hydroxyl groups excluding tert-OH is 1. The minimum atomic E-state index is -1.42. The number of esters is 1. The third-order valence-electron chi connectivity index (χ3n) is 8.49. The fraction of sp³-hybridized carbons (Fsp3) is 0.789. The molecule has 0 aromatic carbocycles. The molecule has 3 N–H and O–H groups in total. The van der Waals surface area contributed by atoms with Crippen molar-refractivity contribution in [2.45, 2.75) is 62.8 Å². The lowest BCUT2D eigenvalue weighted by atomic mass is 9.60. The Bertz CT molecular complexity index is 731. The van der Waals surface area contributed by atoms with Gasteiger partial charge in [0.25, 0.3) is 0 Å². The summed E-state index contributed by atoms with van der Waals surface area (Å²) in [5.41, 5.74) is -3.19. The van der Waals surface area contributed by atoms with Crippen LogP contribution in [0, 0.1) is 28.6 Å². The van der Waals surface area contributed by atoms with Crippen LogP contribution >= 0.6 is 0 Å². The van der Waals surface area contributed by atoms with Gasteiger partial charge in [-0.25, -0.2) is 0 Å². The number of fused-ring (bicyclic) bond motifs is 1. The summed E-state index contributed by atoms with van der Waals surface area (Å²) in [4.78, 5) is 25.1. The number of rotatable bonds is 1. The SMILES string of the molecule is C=C1CC23CC1(O)C(O)CC2C12CCCC(C)(C(=O)O1)C2C3C(=O)O. The van der Waals surface area contributed by atoms with Gasteiger partial charge in [0.15, 0.2) is 0 Å². The van der Waals surface area contributed by atoms with E-state index in [1.54, 1.807) is 0 Å². The number of carbonyl (C=O) groups excluding carboxylic acids is 1. The average Bonchev–Trinajstić information content (AvgIpc) is 2.93. The molecule has 0 aromatic rings. The summed E-state index contributed by atoms with van der Waals surface area (Å²) in [5, 5.41) is 31.8. The molecular formula is C19H24O6. The van der Waals surface area contributed by atoms with E-state index in [0.29, 0.717) is 24.8 Å². The molecule has 5 aliphatic rings. The second-order valence-corrected chi connectivity index (χ2v) is 9.33. The molecule has 4 saturated carbocycles. The zero-order chi connectivity index (χ0) is 18.0. The standard InChI is InChI=1S/C19H24O6/c1-9-7-17-8-18(9,24)11(20)6-10(17)19-5-3-4-16(2,15(23)25-19)13(19)12(17)14(21)22/h10-13,20,24H,1,3-8H2,2H3,(H,21,22). The Balaban J connectivity index is 1.76. The van der Waals surface area contributed by atoms with E-state index in [2.05, 4.69) is 6.58 Å². The van der Waals surface area contributed by atoms with E-state index in [4.69, 9.17) is 4.74 Å². The van der Waals surface area contributed by atoms with Crippen LogP contribution in [0.15, 0.2) is 12.2 Å². The number of carbonyl (C=O) groups is 2. The van der Waals surface area contributed by atoms with Gasteiger partial charge < -0.3 is 20.1 Å². The van der Waals surface area contributed by atoms with Gasteiger partial charge in [-0.15, -0.1) is 0 Å². The number of carboxylic acid groups (broad SMARTS) is 1. The predicted octanol–water partition coefficient (Wildman–Crippen LogP) is 1.25. The van der Waals surface area contributed by atoms with Crippen molar-refractivity contribution in [3.05, 3.63) is 12.2 Å². The number of aliphatic hydroxyl groups is 2. The van der Waals surface area contributed by atoms with E-state index in [9.17, 15) is 24.9 Å². The van der Waals surface area contributed by atoms with E-state index in [1.165, 1.54) is 0 Å². The highest BCUT2D eigenvalue weighted by Crippen LogP contribution is 2.78. The van der Waals surface area contributed by atoms with Crippen molar-refractivity contribution in [1.29, 1.82) is 0 Å². The molecule has 1 spiro atoms. The first-order valence-electron chi connectivity index (χ1n) is 9.17. The molecule has 0 radical (unpaired) electrons. The molecule has 0 amide bonds. The minimum Gasteiger partial charge on any atom is -0.481 e. The van der Waals surface area contributed by atoms with Gasteiger partial charge in [0, 0.05) is 11.8 Å². The fourth-order valence-corrected chi connectivity index (χ4v) is 7.66.